The van der Waals surface area contributed by atoms with Crippen LogP contribution in [0.1, 0.15) is 25.7 Å². The van der Waals surface area contributed by atoms with Gasteiger partial charge in [-0.25, -0.2) is 4.79 Å². The van der Waals surface area contributed by atoms with Crippen molar-refractivity contribution < 1.29 is 19.4 Å². The second-order valence-corrected chi connectivity index (χ2v) is 5.20. The first kappa shape index (κ1) is 13.1. The zero-order valence-corrected chi connectivity index (χ0v) is 10.4. The minimum Gasteiger partial charge on any atom is -0.481 e. The SMILES string of the molecule is O=C(NCC1CCOCC1)NCC1(C(=O)O)CC1. The molecule has 1 aliphatic heterocycles. The lowest BCUT2D eigenvalue weighted by atomic mass is 10.0. The molecule has 0 unspecified atom stereocenters. The van der Waals surface area contributed by atoms with E-state index in [1.807, 2.05) is 0 Å². The number of hydrogen-bond acceptors (Lipinski definition) is 3. The molecule has 2 aliphatic rings. The molecule has 102 valence electrons. The summed E-state index contributed by atoms with van der Waals surface area (Å²) >= 11 is 0. The van der Waals surface area contributed by atoms with Gasteiger partial charge in [0.1, 0.15) is 0 Å². The van der Waals surface area contributed by atoms with Crippen LogP contribution in [-0.2, 0) is 9.53 Å². The van der Waals surface area contributed by atoms with Gasteiger partial charge in [-0.2, -0.15) is 0 Å². The largest absolute Gasteiger partial charge is 0.481 e. The number of carboxylic acids is 1. The van der Waals surface area contributed by atoms with E-state index in [-0.39, 0.29) is 12.6 Å². The summed E-state index contributed by atoms with van der Waals surface area (Å²) in [6, 6.07) is -0.269. The predicted molar refractivity (Wildman–Crippen MR) is 64.2 cm³/mol. The topological polar surface area (TPSA) is 87.7 Å². The number of carbonyl (C=O) groups excluding carboxylic acids is 1. The van der Waals surface area contributed by atoms with Crippen molar-refractivity contribution in [3.8, 4) is 0 Å². The Morgan fingerprint density at radius 2 is 1.89 bits per heavy atom. The van der Waals surface area contributed by atoms with Gasteiger partial charge in [0.2, 0.25) is 0 Å². The summed E-state index contributed by atoms with van der Waals surface area (Å²) in [5.41, 5.74) is -0.698. The monoisotopic (exact) mass is 256 g/mol. The molecule has 0 atom stereocenters. The fourth-order valence-electron chi connectivity index (χ4n) is 2.12. The van der Waals surface area contributed by atoms with Crippen molar-refractivity contribution in [1.29, 1.82) is 0 Å². The van der Waals surface area contributed by atoms with Gasteiger partial charge in [0.15, 0.2) is 0 Å². The fraction of sp³-hybridized carbons (Fsp3) is 0.833. The number of ether oxygens (including phenoxy) is 1. The van der Waals surface area contributed by atoms with E-state index >= 15 is 0 Å². The summed E-state index contributed by atoms with van der Waals surface area (Å²) < 4.78 is 5.24. The normalized spacial score (nSPS) is 22.2. The number of amides is 2. The van der Waals surface area contributed by atoms with E-state index < -0.39 is 11.4 Å². The molecule has 2 fully saturated rings. The van der Waals surface area contributed by atoms with Crippen molar-refractivity contribution in [2.24, 2.45) is 11.3 Å². The Labute approximate surface area is 106 Å². The van der Waals surface area contributed by atoms with Gasteiger partial charge in [0, 0.05) is 26.3 Å². The number of carboxylic acid groups (broad SMARTS) is 1. The number of urea groups is 1. The molecule has 18 heavy (non-hydrogen) atoms. The van der Waals surface area contributed by atoms with Crippen LogP contribution in [0.2, 0.25) is 0 Å². The lowest BCUT2D eigenvalue weighted by Crippen LogP contribution is -2.42. The standard InChI is InChI=1S/C12H20N2O4/c15-10(16)12(3-4-12)8-14-11(17)13-7-9-1-5-18-6-2-9/h9H,1-8H2,(H,15,16)(H2,13,14,17). The molecule has 2 amide bonds. The maximum Gasteiger partial charge on any atom is 0.314 e. The summed E-state index contributed by atoms with van der Waals surface area (Å²) in [6.07, 6.45) is 3.25. The van der Waals surface area contributed by atoms with Crippen LogP contribution in [0.3, 0.4) is 0 Å². The number of hydrogen-bond donors (Lipinski definition) is 3. The Kier molecular flexibility index (Phi) is 4.06. The van der Waals surface area contributed by atoms with Crippen molar-refractivity contribution in [2.45, 2.75) is 25.7 Å². The molecule has 3 N–H and O–H groups in total. The first-order valence-electron chi connectivity index (χ1n) is 6.45. The molecular weight excluding hydrogens is 236 g/mol. The smallest absolute Gasteiger partial charge is 0.314 e. The third-order valence-electron chi connectivity index (χ3n) is 3.79. The van der Waals surface area contributed by atoms with Gasteiger partial charge in [-0.15, -0.1) is 0 Å². The number of carbonyl (C=O) groups is 2. The summed E-state index contributed by atoms with van der Waals surface area (Å²) in [7, 11) is 0. The Morgan fingerprint density at radius 3 is 2.44 bits per heavy atom. The molecule has 1 saturated carbocycles. The third kappa shape index (κ3) is 3.35. The van der Waals surface area contributed by atoms with E-state index in [9.17, 15) is 9.59 Å². The van der Waals surface area contributed by atoms with E-state index in [1.165, 1.54) is 0 Å². The first-order valence-corrected chi connectivity index (χ1v) is 6.45. The number of aliphatic carboxylic acids is 1. The predicted octanol–water partition coefficient (Wildman–Crippen LogP) is 0.577. The zero-order valence-electron chi connectivity index (χ0n) is 10.4. The third-order valence-corrected chi connectivity index (χ3v) is 3.79. The van der Waals surface area contributed by atoms with Crippen LogP contribution < -0.4 is 10.6 Å². The van der Waals surface area contributed by atoms with Crippen molar-refractivity contribution in [1.82, 2.24) is 10.6 Å². The Hall–Kier alpha value is -1.30. The maximum atomic E-state index is 11.5. The average Bonchev–Trinajstić information content (AvgIpc) is 3.16. The van der Waals surface area contributed by atoms with Crippen LogP contribution in [-0.4, -0.2) is 43.4 Å². The molecule has 0 aromatic rings. The molecule has 2 rings (SSSR count). The zero-order chi connectivity index (χ0) is 13.0. The van der Waals surface area contributed by atoms with Gasteiger partial charge in [-0.1, -0.05) is 0 Å². The molecule has 1 aliphatic carbocycles. The average molecular weight is 256 g/mol. The maximum absolute atomic E-state index is 11.5. The van der Waals surface area contributed by atoms with Gasteiger partial charge in [-0.05, 0) is 31.6 Å². The van der Waals surface area contributed by atoms with Crippen molar-refractivity contribution >= 4 is 12.0 Å². The van der Waals surface area contributed by atoms with E-state index in [1.54, 1.807) is 0 Å². The van der Waals surface area contributed by atoms with Crippen molar-refractivity contribution in [3.05, 3.63) is 0 Å². The van der Waals surface area contributed by atoms with Crippen LogP contribution in [0.15, 0.2) is 0 Å². The van der Waals surface area contributed by atoms with E-state index in [0.29, 0.717) is 25.3 Å². The quantitative estimate of drug-likeness (QED) is 0.671. The van der Waals surface area contributed by atoms with Crippen LogP contribution >= 0.6 is 0 Å². The van der Waals surface area contributed by atoms with Gasteiger partial charge < -0.3 is 20.5 Å². The van der Waals surface area contributed by atoms with E-state index in [0.717, 1.165) is 26.1 Å². The molecule has 6 heteroatoms. The Morgan fingerprint density at radius 1 is 1.22 bits per heavy atom. The summed E-state index contributed by atoms with van der Waals surface area (Å²) in [6.45, 7) is 2.38. The highest BCUT2D eigenvalue weighted by molar-refractivity contribution is 5.80. The highest BCUT2D eigenvalue weighted by Gasteiger charge is 2.50. The lowest BCUT2D eigenvalue weighted by Gasteiger charge is -2.22. The van der Waals surface area contributed by atoms with Gasteiger partial charge in [0.25, 0.3) is 0 Å². The van der Waals surface area contributed by atoms with Crippen molar-refractivity contribution in [3.63, 3.8) is 0 Å². The Bertz CT molecular complexity index is 322. The molecular formula is C12H20N2O4. The summed E-state index contributed by atoms with van der Waals surface area (Å²) in [5, 5.41) is 14.4. The molecule has 0 bridgehead atoms. The second-order valence-electron chi connectivity index (χ2n) is 5.20. The van der Waals surface area contributed by atoms with Gasteiger partial charge in [-0.3, -0.25) is 4.79 Å². The first-order chi connectivity index (χ1) is 8.62. The fourth-order valence-corrected chi connectivity index (χ4v) is 2.12. The van der Waals surface area contributed by atoms with E-state index in [4.69, 9.17) is 9.84 Å². The van der Waals surface area contributed by atoms with Gasteiger partial charge >= 0.3 is 12.0 Å². The highest BCUT2D eigenvalue weighted by atomic mass is 16.5. The minimum atomic E-state index is -0.813. The summed E-state index contributed by atoms with van der Waals surface area (Å²) in [5.74, 6) is -0.342. The van der Waals surface area contributed by atoms with Crippen molar-refractivity contribution in [2.75, 3.05) is 26.3 Å². The number of nitrogens with one attached hydrogen (secondary N) is 2. The van der Waals surface area contributed by atoms with Crippen LogP contribution in [0.5, 0.6) is 0 Å². The van der Waals surface area contributed by atoms with Crippen LogP contribution in [0.4, 0.5) is 4.79 Å². The molecule has 6 nitrogen and oxygen atoms in total. The van der Waals surface area contributed by atoms with Gasteiger partial charge in [0.05, 0.1) is 5.41 Å². The second kappa shape index (κ2) is 5.56. The van der Waals surface area contributed by atoms with Crippen LogP contribution in [0.25, 0.3) is 0 Å². The lowest BCUT2D eigenvalue weighted by molar-refractivity contribution is -0.143. The molecule has 1 saturated heterocycles. The summed E-state index contributed by atoms with van der Waals surface area (Å²) in [4.78, 5) is 22.5. The molecule has 0 spiro atoms. The highest BCUT2D eigenvalue weighted by Crippen LogP contribution is 2.45. The molecule has 0 aromatic heterocycles. The van der Waals surface area contributed by atoms with Crippen LogP contribution in [0, 0.1) is 11.3 Å². The Balaban J connectivity index is 1.62. The molecule has 0 aromatic carbocycles. The van der Waals surface area contributed by atoms with E-state index in [2.05, 4.69) is 10.6 Å². The molecule has 1 heterocycles. The molecule has 0 radical (unpaired) electrons. The minimum absolute atomic E-state index is 0.224. The number of rotatable bonds is 5.